The van der Waals surface area contributed by atoms with Crippen molar-refractivity contribution >= 4 is 22.7 Å². The van der Waals surface area contributed by atoms with Gasteiger partial charge in [0.2, 0.25) is 5.91 Å². The van der Waals surface area contributed by atoms with E-state index in [-0.39, 0.29) is 18.1 Å². The van der Waals surface area contributed by atoms with Gasteiger partial charge in [-0.3, -0.25) is 9.59 Å². The van der Waals surface area contributed by atoms with Gasteiger partial charge in [-0.15, -0.1) is 0 Å². The zero-order valence-electron chi connectivity index (χ0n) is 11.4. The summed E-state index contributed by atoms with van der Waals surface area (Å²) in [5, 5.41) is 2.72. The van der Waals surface area contributed by atoms with Crippen molar-refractivity contribution in [3.05, 3.63) is 29.6 Å². The van der Waals surface area contributed by atoms with Gasteiger partial charge >= 0.3 is 0 Å². The Morgan fingerprint density at radius 1 is 1.37 bits per heavy atom. The van der Waals surface area contributed by atoms with Crippen molar-refractivity contribution < 1.29 is 9.59 Å². The van der Waals surface area contributed by atoms with E-state index in [4.69, 9.17) is 0 Å². The molecule has 0 radical (unpaired) electrons. The first-order valence-electron chi connectivity index (χ1n) is 6.15. The zero-order chi connectivity index (χ0) is 14.0. The van der Waals surface area contributed by atoms with Crippen molar-refractivity contribution in [1.82, 2.24) is 14.9 Å². The molecule has 2 rings (SSSR count). The molecule has 19 heavy (non-hydrogen) atoms. The molecular formula is C14H17N3O2. The Bertz CT molecular complexity index is 643. The van der Waals surface area contributed by atoms with Crippen LogP contribution in [0.4, 0.5) is 0 Å². The molecule has 100 valence electrons. The van der Waals surface area contributed by atoms with Crippen LogP contribution in [0.2, 0.25) is 0 Å². The smallest absolute Gasteiger partial charge is 0.227 e. The third kappa shape index (κ3) is 2.99. The van der Waals surface area contributed by atoms with Crippen LogP contribution >= 0.6 is 0 Å². The molecule has 0 aliphatic carbocycles. The van der Waals surface area contributed by atoms with Crippen molar-refractivity contribution in [3.8, 4) is 0 Å². The molecule has 0 fully saturated rings. The largest absolute Gasteiger partial charge is 0.352 e. The molecule has 5 nitrogen and oxygen atoms in total. The maximum atomic E-state index is 11.4. The van der Waals surface area contributed by atoms with Crippen LogP contribution in [-0.4, -0.2) is 21.2 Å². The summed E-state index contributed by atoms with van der Waals surface area (Å²) in [4.78, 5) is 26.6. The van der Waals surface area contributed by atoms with Crippen molar-refractivity contribution in [1.29, 1.82) is 0 Å². The van der Waals surface area contributed by atoms with Crippen LogP contribution in [0, 0.1) is 6.92 Å². The first kappa shape index (κ1) is 13.3. The van der Waals surface area contributed by atoms with Crippen LogP contribution in [0.25, 0.3) is 11.0 Å². The average molecular weight is 259 g/mol. The van der Waals surface area contributed by atoms with Gasteiger partial charge in [0.25, 0.3) is 0 Å². The highest BCUT2D eigenvalue weighted by Crippen LogP contribution is 2.16. The third-order valence-electron chi connectivity index (χ3n) is 3.07. The number of rotatable bonds is 4. The molecule has 5 heteroatoms. The second kappa shape index (κ2) is 5.22. The zero-order valence-corrected chi connectivity index (χ0v) is 11.4. The minimum Gasteiger partial charge on any atom is -0.352 e. The number of carbonyl (C=O) groups excluding carboxylic acids is 2. The molecule has 1 aromatic heterocycles. The molecule has 0 aliphatic rings. The lowest BCUT2D eigenvalue weighted by atomic mass is 10.2. The number of carbonyl (C=O) groups is 2. The van der Waals surface area contributed by atoms with Crippen LogP contribution in [-0.2, 0) is 23.2 Å². The highest BCUT2D eigenvalue weighted by atomic mass is 16.2. The summed E-state index contributed by atoms with van der Waals surface area (Å²) in [6, 6.07) is 5.90. The number of hydrogen-bond donors (Lipinski definition) is 1. The highest BCUT2D eigenvalue weighted by Gasteiger charge is 2.07. The molecule has 0 atom stereocenters. The van der Waals surface area contributed by atoms with Gasteiger partial charge in [-0.1, -0.05) is 6.07 Å². The molecule has 1 N–H and O–H groups in total. The van der Waals surface area contributed by atoms with Gasteiger partial charge in [0.15, 0.2) is 0 Å². The average Bonchev–Trinajstić information content (AvgIpc) is 2.61. The monoisotopic (exact) mass is 259 g/mol. The second-order valence-electron chi connectivity index (χ2n) is 4.70. The predicted molar refractivity (Wildman–Crippen MR) is 72.6 cm³/mol. The number of amides is 1. The first-order chi connectivity index (χ1) is 8.97. The summed E-state index contributed by atoms with van der Waals surface area (Å²) in [7, 11) is 1.97. The molecular weight excluding hydrogens is 242 g/mol. The Morgan fingerprint density at radius 3 is 2.79 bits per heavy atom. The number of fused-ring (bicyclic) bond motifs is 1. The Kier molecular flexibility index (Phi) is 3.64. The Balaban J connectivity index is 2.09. The fraction of sp³-hybridized carbons (Fsp3) is 0.357. The van der Waals surface area contributed by atoms with E-state index < -0.39 is 0 Å². The van der Waals surface area contributed by atoms with Crippen LogP contribution < -0.4 is 5.32 Å². The highest BCUT2D eigenvalue weighted by molar-refractivity contribution is 5.96. The Morgan fingerprint density at radius 2 is 2.11 bits per heavy atom. The van der Waals surface area contributed by atoms with Crippen molar-refractivity contribution in [3.63, 3.8) is 0 Å². The first-order valence-corrected chi connectivity index (χ1v) is 6.15. The fourth-order valence-electron chi connectivity index (χ4n) is 1.97. The van der Waals surface area contributed by atoms with E-state index >= 15 is 0 Å². The summed E-state index contributed by atoms with van der Waals surface area (Å²) in [6.07, 6.45) is -0.0645. The maximum Gasteiger partial charge on any atom is 0.227 e. The number of nitrogens with zero attached hydrogens (tertiary/aromatic N) is 2. The molecule has 1 aromatic carbocycles. The van der Waals surface area contributed by atoms with Gasteiger partial charge in [-0.05, 0) is 31.5 Å². The lowest BCUT2D eigenvalue weighted by Gasteiger charge is -2.04. The van der Waals surface area contributed by atoms with E-state index in [2.05, 4.69) is 10.3 Å². The predicted octanol–water partition coefficient (Wildman–Crippen LogP) is 1.48. The molecule has 2 aromatic rings. The van der Waals surface area contributed by atoms with E-state index in [9.17, 15) is 9.59 Å². The SMILES string of the molecule is CC(=O)CC(=O)NCc1ccc2c(c1)nc(C)n2C. The maximum absolute atomic E-state index is 11.4. The van der Waals surface area contributed by atoms with E-state index in [1.807, 2.05) is 36.7 Å². The number of aromatic nitrogens is 2. The topological polar surface area (TPSA) is 64.0 Å². The third-order valence-corrected chi connectivity index (χ3v) is 3.07. The normalized spacial score (nSPS) is 10.7. The van der Waals surface area contributed by atoms with Crippen LogP contribution in [0.15, 0.2) is 18.2 Å². The van der Waals surface area contributed by atoms with Crippen LogP contribution in [0.1, 0.15) is 24.7 Å². The number of nitrogens with one attached hydrogen (secondary N) is 1. The van der Waals surface area contributed by atoms with Crippen molar-refractivity contribution in [2.24, 2.45) is 7.05 Å². The van der Waals surface area contributed by atoms with Crippen LogP contribution in [0.3, 0.4) is 0 Å². The van der Waals surface area contributed by atoms with Gasteiger partial charge in [-0.25, -0.2) is 4.98 Å². The van der Waals surface area contributed by atoms with Gasteiger partial charge in [-0.2, -0.15) is 0 Å². The summed E-state index contributed by atoms with van der Waals surface area (Å²) in [6.45, 7) is 3.77. The molecule has 0 saturated carbocycles. The standard InChI is InChI=1S/C14H17N3O2/c1-9(18)6-14(19)15-8-11-4-5-13-12(7-11)16-10(2)17(13)3/h4-5,7H,6,8H2,1-3H3,(H,15,19). The number of ketones is 1. The van der Waals surface area contributed by atoms with Gasteiger partial charge in [0.1, 0.15) is 11.6 Å². The van der Waals surface area contributed by atoms with Gasteiger partial charge in [0.05, 0.1) is 17.5 Å². The number of Topliss-reactive ketones (excluding diaryl/α,β-unsaturated/α-hetero) is 1. The van der Waals surface area contributed by atoms with E-state index in [0.717, 1.165) is 22.4 Å². The van der Waals surface area contributed by atoms with Gasteiger partial charge < -0.3 is 9.88 Å². The molecule has 1 heterocycles. The molecule has 0 aliphatic heterocycles. The van der Waals surface area contributed by atoms with Crippen molar-refractivity contribution in [2.75, 3.05) is 0 Å². The molecule has 1 amide bonds. The minimum atomic E-state index is -0.246. The second-order valence-corrected chi connectivity index (χ2v) is 4.70. The molecule has 0 bridgehead atoms. The van der Waals surface area contributed by atoms with Crippen molar-refractivity contribution in [2.45, 2.75) is 26.8 Å². The van der Waals surface area contributed by atoms with Gasteiger partial charge in [0, 0.05) is 13.6 Å². The summed E-state index contributed by atoms with van der Waals surface area (Å²) in [5.41, 5.74) is 2.96. The summed E-state index contributed by atoms with van der Waals surface area (Å²) >= 11 is 0. The lowest BCUT2D eigenvalue weighted by molar-refractivity contribution is -0.127. The Labute approximate surface area is 111 Å². The van der Waals surface area contributed by atoms with E-state index in [0.29, 0.717) is 6.54 Å². The summed E-state index contributed by atoms with van der Waals surface area (Å²) in [5.74, 6) is 0.575. The number of hydrogen-bond acceptors (Lipinski definition) is 3. The summed E-state index contributed by atoms with van der Waals surface area (Å²) < 4.78 is 2.02. The molecule has 0 saturated heterocycles. The fourth-order valence-corrected chi connectivity index (χ4v) is 1.97. The Hall–Kier alpha value is -2.17. The lowest BCUT2D eigenvalue weighted by Crippen LogP contribution is -2.24. The number of imidazole rings is 1. The van der Waals surface area contributed by atoms with E-state index in [1.54, 1.807) is 0 Å². The minimum absolute atomic E-state index is 0.0645. The quantitative estimate of drug-likeness (QED) is 0.846. The van der Waals surface area contributed by atoms with Crippen LogP contribution in [0.5, 0.6) is 0 Å². The molecule has 0 spiro atoms. The molecule has 0 unspecified atom stereocenters. The van der Waals surface area contributed by atoms with E-state index in [1.165, 1.54) is 6.92 Å². The number of benzene rings is 1. The number of aryl methyl sites for hydroxylation is 2.